The van der Waals surface area contributed by atoms with Crippen LogP contribution >= 0.6 is 0 Å². The fraction of sp³-hybridized carbons (Fsp3) is 0.292. The van der Waals surface area contributed by atoms with Gasteiger partial charge >= 0.3 is 0 Å². The van der Waals surface area contributed by atoms with Crippen LogP contribution in [0.4, 0.5) is 11.6 Å². The predicted molar refractivity (Wildman–Crippen MR) is 126 cm³/mol. The highest BCUT2D eigenvalue weighted by molar-refractivity contribution is 6.18. The molecule has 4 rings (SSSR count). The third kappa shape index (κ3) is 5.19. The third-order valence-electron chi connectivity index (χ3n) is 5.18. The fourth-order valence-electron chi connectivity index (χ4n) is 3.56. The summed E-state index contributed by atoms with van der Waals surface area (Å²) in [6, 6.07) is 17.8. The molecule has 0 atom stereocenters. The van der Waals surface area contributed by atoms with Crippen LogP contribution in [0.15, 0.2) is 65.9 Å². The highest BCUT2D eigenvalue weighted by Gasteiger charge is 2.19. The Morgan fingerprint density at radius 2 is 1.74 bits per heavy atom. The van der Waals surface area contributed by atoms with E-state index < -0.39 is 0 Å². The molecule has 0 radical (unpaired) electrons. The highest BCUT2D eigenvalue weighted by atomic mass is 16.5. The number of nitrogens with one attached hydrogen (secondary N) is 2. The SMILES string of the molecule is CNc1ncnc2c1C(c1ccc(Oc3ccccc3)cc1)=NCCCN(C)CCN2. The van der Waals surface area contributed by atoms with Crippen LogP contribution in [0.25, 0.3) is 0 Å². The van der Waals surface area contributed by atoms with Crippen LogP contribution in [0.3, 0.4) is 0 Å². The van der Waals surface area contributed by atoms with E-state index >= 15 is 0 Å². The van der Waals surface area contributed by atoms with Gasteiger partial charge in [0.2, 0.25) is 0 Å². The lowest BCUT2D eigenvalue weighted by molar-refractivity contribution is 0.344. The van der Waals surface area contributed by atoms with Crippen molar-refractivity contribution in [1.29, 1.82) is 0 Å². The second kappa shape index (κ2) is 10.0. The number of anilines is 2. The minimum absolute atomic E-state index is 0.736. The van der Waals surface area contributed by atoms with Gasteiger partial charge in [-0.15, -0.1) is 0 Å². The number of hydrogen-bond acceptors (Lipinski definition) is 7. The van der Waals surface area contributed by atoms with Gasteiger partial charge in [-0.25, -0.2) is 9.97 Å². The quantitative estimate of drug-likeness (QED) is 0.672. The molecule has 0 bridgehead atoms. The molecule has 2 heterocycles. The van der Waals surface area contributed by atoms with Crippen LogP contribution in [0.1, 0.15) is 17.5 Å². The molecule has 1 aromatic heterocycles. The second-order valence-corrected chi connectivity index (χ2v) is 7.45. The number of benzene rings is 2. The smallest absolute Gasteiger partial charge is 0.141 e. The molecule has 2 N–H and O–H groups in total. The van der Waals surface area contributed by atoms with Crippen molar-refractivity contribution >= 4 is 17.3 Å². The molecule has 1 aliphatic rings. The van der Waals surface area contributed by atoms with Crippen LogP contribution in [-0.4, -0.2) is 60.9 Å². The molecule has 7 nitrogen and oxygen atoms in total. The van der Waals surface area contributed by atoms with Crippen LogP contribution in [0.5, 0.6) is 11.5 Å². The lowest BCUT2D eigenvalue weighted by atomic mass is 10.0. The number of nitrogens with zero attached hydrogens (tertiary/aromatic N) is 4. The zero-order valence-corrected chi connectivity index (χ0v) is 18.0. The van der Waals surface area contributed by atoms with Gasteiger partial charge in [0.1, 0.15) is 29.5 Å². The molecule has 2 aromatic carbocycles. The first-order valence-corrected chi connectivity index (χ1v) is 10.6. The molecule has 0 saturated heterocycles. The summed E-state index contributed by atoms with van der Waals surface area (Å²) in [6.45, 7) is 3.49. The van der Waals surface area contributed by atoms with Gasteiger partial charge < -0.3 is 20.3 Å². The highest BCUT2D eigenvalue weighted by Crippen LogP contribution is 2.27. The number of aliphatic imine (C=N–C) groups is 1. The first-order valence-electron chi connectivity index (χ1n) is 10.6. The number of rotatable bonds is 4. The van der Waals surface area contributed by atoms with Crippen LogP contribution in [-0.2, 0) is 0 Å². The zero-order chi connectivity index (χ0) is 21.5. The topological polar surface area (TPSA) is 74.7 Å². The largest absolute Gasteiger partial charge is 0.457 e. The van der Waals surface area contributed by atoms with E-state index in [0.717, 1.165) is 72.6 Å². The molecule has 0 amide bonds. The Balaban J connectivity index is 1.69. The summed E-state index contributed by atoms with van der Waals surface area (Å²) in [4.78, 5) is 16.3. The van der Waals surface area contributed by atoms with E-state index in [1.165, 1.54) is 0 Å². The second-order valence-electron chi connectivity index (χ2n) is 7.45. The average molecular weight is 417 g/mol. The molecule has 7 heteroatoms. The Hall–Kier alpha value is -3.45. The normalized spacial score (nSPS) is 15.1. The van der Waals surface area contributed by atoms with E-state index in [4.69, 9.17) is 9.73 Å². The van der Waals surface area contributed by atoms with Crippen LogP contribution < -0.4 is 15.4 Å². The molecule has 0 fully saturated rings. The maximum absolute atomic E-state index is 5.95. The third-order valence-corrected chi connectivity index (χ3v) is 5.18. The fourth-order valence-corrected chi connectivity index (χ4v) is 3.56. The van der Waals surface area contributed by atoms with Crippen LogP contribution in [0.2, 0.25) is 0 Å². The standard InChI is InChI=1S/C24H28N6O/c1-25-23-21-22(18-9-11-20(12-10-18)31-19-7-4-3-5-8-19)26-13-6-15-30(2)16-14-27-24(21)29-17-28-23/h3-5,7-12,17H,6,13-16H2,1-2H3,(H2,25,27,28,29). The molecule has 1 aliphatic heterocycles. The van der Waals surface area contributed by atoms with E-state index in [2.05, 4.69) is 32.5 Å². The molecule has 0 unspecified atom stereocenters. The van der Waals surface area contributed by atoms with Gasteiger partial charge in [0, 0.05) is 32.2 Å². The zero-order valence-electron chi connectivity index (χ0n) is 18.0. The van der Waals surface area contributed by atoms with Gasteiger partial charge in [0.15, 0.2) is 0 Å². The molecular formula is C24H28N6O. The van der Waals surface area contributed by atoms with Gasteiger partial charge in [-0.2, -0.15) is 0 Å². The van der Waals surface area contributed by atoms with E-state index in [0.29, 0.717) is 0 Å². The molecule has 160 valence electrons. The van der Waals surface area contributed by atoms with Gasteiger partial charge in [0.25, 0.3) is 0 Å². The monoisotopic (exact) mass is 416 g/mol. The maximum atomic E-state index is 5.95. The summed E-state index contributed by atoms with van der Waals surface area (Å²) in [6.07, 6.45) is 2.57. The minimum atomic E-state index is 0.736. The summed E-state index contributed by atoms with van der Waals surface area (Å²) in [7, 11) is 4.01. The molecule has 0 saturated carbocycles. The number of likely N-dealkylation sites (N-methyl/N-ethyl adjacent to an activating group) is 1. The molecule has 0 spiro atoms. The van der Waals surface area contributed by atoms with Crippen molar-refractivity contribution in [3.05, 3.63) is 72.1 Å². The van der Waals surface area contributed by atoms with Crippen molar-refractivity contribution in [3.63, 3.8) is 0 Å². The van der Waals surface area contributed by atoms with Crippen LogP contribution in [0, 0.1) is 0 Å². The first kappa shape index (κ1) is 20.8. The Morgan fingerprint density at radius 1 is 0.968 bits per heavy atom. The number of hydrogen-bond donors (Lipinski definition) is 2. The maximum Gasteiger partial charge on any atom is 0.141 e. The van der Waals surface area contributed by atoms with E-state index in [1.54, 1.807) is 6.33 Å². The van der Waals surface area contributed by atoms with E-state index in [-0.39, 0.29) is 0 Å². The van der Waals surface area contributed by atoms with Gasteiger partial charge in [-0.1, -0.05) is 18.2 Å². The lowest BCUT2D eigenvalue weighted by Gasteiger charge is -2.17. The van der Waals surface area contributed by atoms with Gasteiger partial charge in [0.05, 0.1) is 11.3 Å². The molecule has 31 heavy (non-hydrogen) atoms. The van der Waals surface area contributed by atoms with Crippen molar-refractivity contribution < 1.29 is 4.74 Å². The van der Waals surface area contributed by atoms with Crippen molar-refractivity contribution in [3.8, 4) is 11.5 Å². The Morgan fingerprint density at radius 3 is 2.52 bits per heavy atom. The summed E-state index contributed by atoms with van der Waals surface area (Å²) in [5.41, 5.74) is 2.77. The molecule has 0 aliphatic carbocycles. The number of fused-ring (bicyclic) bond motifs is 1. The van der Waals surface area contributed by atoms with Gasteiger partial charge in [-0.05, 0) is 56.4 Å². The number of para-hydroxylation sites is 1. The molecule has 3 aromatic rings. The lowest BCUT2D eigenvalue weighted by Crippen LogP contribution is -2.26. The predicted octanol–water partition coefficient (Wildman–Crippen LogP) is 3.90. The minimum Gasteiger partial charge on any atom is -0.457 e. The Labute approximate surface area is 183 Å². The molecular weight excluding hydrogens is 388 g/mol. The summed E-state index contributed by atoms with van der Waals surface area (Å²) in [5, 5.41) is 6.67. The van der Waals surface area contributed by atoms with Gasteiger partial charge in [-0.3, -0.25) is 4.99 Å². The van der Waals surface area contributed by atoms with E-state index in [1.807, 2.05) is 61.6 Å². The van der Waals surface area contributed by atoms with Crippen molar-refractivity contribution in [2.45, 2.75) is 6.42 Å². The van der Waals surface area contributed by atoms with Crippen molar-refractivity contribution in [1.82, 2.24) is 14.9 Å². The average Bonchev–Trinajstić information content (AvgIpc) is 2.84. The van der Waals surface area contributed by atoms with E-state index in [9.17, 15) is 0 Å². The Bertz CT molecular complexity index is 1020. The summed E-state index contributed by atoms with van der Waals surface area (Å²) in [5.74, 6) is 3.14. The number of ether oxygens (including phenoxy) is 1. The first-order chi connectivity index (χ1) is 15.2. The van der Waals surface area contributed by atoms with Crippen molar-refractivity contribution in [2.24, 2.45) is 4.99 Å². The number of aromatic nitrogens is 2. The Kier molecular flexibility index (Phi) is 6.74. The summed E-state index contributed by atoms with van der Waals surface area (Å²) < 4.78 is 5.95. The van der Waals surface area contributed by atoms with Crippen molar-refractivity contribution in [2.75, 3.05) is 50.9 Å². The summed E-state index contributed by atoms with van der Waals surface area (Å²) >= 11 is 0.